The van der Waals surface area contributed by atoms with Crippen LogP contribution in [0.3, 0.4) is 0 Å². The zero-order valence-electron chi connectivity index (χ0n) is 6.74. The van der Waals surface area contributed by atoms with Gasteiger partial charge in [-0.25, -0.2) is 0 Å². The second-order valence-electron chi connectivity index (χ2n) is 3.04. The van der Waals surface area contributed by atoms with Crippen molar-refractivity contribution in [2.75, 3.05) is 0 Å². The third-order valence-electron chi connectivity index (χ3n) is 2.59. The van der Waals surface area contributed by atoms with E-state index in [1.54, 1.807) is 0 Å². The summed E-state index contributed by atoms with van der Waals surface area (Å²) >= 11 is 0. The van der Waals surface area contributed by atoms with Crippen molar-refractivity contribution in [1.82, 2.24) is 5.32 Å². The van der Waals surface area contributed by atoms with E-state index in [1.807, 2.05) is 0 Å². The quantitative estimate of drug-likeness (QED) is 0.619. The molecule has 0 saturated carbocycles. The summed E-state index contributed by atoms with van der Waals surface area (Å²) in [4.78, 5) is 10.9. The molecule has 0 aliphatic carbocycles. The van der Waals surface area contributed by atoms with Gasteiger partial charge in [0.2, 0.25) is 5.91 Å². The number of hydrogen-bond donors (Lipinski definition) is 1. The standard InChI is InChI=1S/C8H15NO/c1-3-8(4-2)6-5-7(10)9-8/h3-6H2,1-2H3,(H,9,10). The fourth-order valence-electron chi connectivity index (χ4n) is 1.55. The first-order valence-electron chi connectivity index (χ1n) is 4.03. The molecule has 0 atom stereocenters. The summed E-state index contributed by atoms with van der Waals surface area (Å²) in [6, 6.07) is 0. The lowest BCUT2D eigenvalue weighted by molar-refractivity contribution is -0.119. The molecule has 1 aliphatic rings. The zero-order chi connectivity index (χ0) is 7.61. The number of hydrogen-bond acceptors (Lipinski definition) is 1. The Labute approximate surface area is 62.0 Å². The Balaban J connectivity index is 2.59. The minimum absolute atomic E-state index is 0.150. The first kappa shape index (κ1) is 7.58. The highest BCUT2D eigenvalue weighted by Crippen LogP contribution is 2.26. The summed E-state index contributed by atoms with van der Waals surface area (Å²) in [6.07, 6.45) is 3.88. The number of nitrogens with one attached hydrogen (secondary N) is 1. The Bertz CT molecular complexity index is 138. The lowest BCUT2D eigenvalue weighted by Crippen LogP contribution is -2.39. The van der Waals surface area contributed by atoms with Crippen molar-refractivity contribution >= 4 is 5.91 Å². The maximum absolute atomic E-state index is 10.9. The average Bonchev–Trinajstić information content (AvgIpc) is 2.33. The van der Waals surface area contributed by atoms with Gasteiger partial charge in [0, 0.05) is 12.0 Å². The normalized spacial score (nSPS) is 22.8. The van der Waals surface area contributed by atoms with Crippen molar-refractivity contribution in [2.24, 2.45) is 0 Å². The van der Waals surface area contributed by atoms with E-state index in [9.17, 15) is 4.79 Å². The zero-order valence-corrected chi connectivity index (χ0v) is 6.74. The Morgan fingerprint density at radius 3 is 2.30 bits per heavy atom. The highest BCUT2D eigenvalue weighted by atomic mass is 16.2. The molecule has 1 heterocycles. The van der Waals surface area contributed by atoms with Gasteiger partial charge in [-0.15, -0.1) is 0 Å². The van der Waals surface area contributed by atoms with Gasteiger partial charge in [0.05, 0.1) is 0 Å². The molecule has 1 aliphatic heterocycles. The summed E-state index contributed by atoms with van der Waals surface area (Å²) in [5.74, 6) is 0.226. The molecule has 0 radical (unpaired) electrons. The summed E-state index contributed by atoms with van der Waals surface area (Å²) in [5.41, 5.74) is 0.150. The van der Waals surface area contributed by atoms with Crippen LogP contribution in [0.4, 0.5) is 0 Å². The minimum atomic E-state index is 0.150. The van der Waals surface area contributed by atoms with Crippen LogP contribution in [0.15, 0.2) is 0 Å². The summed E-state index contributed by atoms with van der Waals surface area (Å²) < 4.78 is 0. The third-order valence-corrected chi connectivity index (χ3v) is 2.59. The van der Waals surface area contributed by atoms with Crippen LogP contribution in [0.25, 0.3) is 0 Å². The molecule has 0 spiro atoms. The molecular formula is C8H15NO. The number of amides is 1. The molecule has 0 aromatic carbocycles. The van der Waals surface area contributed by atoms with E-state index in [2.05, 4.69) is 19.2 Å². The topological polar surface area (TPSA) is 29.1 Å². The van der Waals surface area contributed by atoms with E-state index < -0.39 is 0 Å². The highest BCUT2D eigenvalue weighted by molar-refractivity contribution is 5.79. The average molecular weight is 141 g/mol. The largest absolute Gasteiger partial charge is 0.351 e. The fourth-order valence-corrected chi connectivity index (χ4v) is 1.55. The van der Waals surface area contributed by atoms with Gasteiger partial charge >= 0.3 is 0 Å². The maximum atomic E-state index is 10.9. The van der Waals surface area contributed by atoms with Gasteiger partial charge < -0.3 is 5.32 Å². The van der Waals surface area contributed by atoms with Crippen LogP contribution in [0.2, 0.25) is 0 Å². The Kier molecular flexibility index (Phi) is 1.97. The lowest BCUT2D eigenvalue weighted by Gasteiger charge is -2.25. The predicted octanol–water partition coefficient (Wildman–Crippen LogP) is 1.46. The Morgan fingerprint density at radius 2 is 2.10 bits per heavy atom. The summed E-state index contributed by atoms with van der Waals surface area (Å²) in [6.45, 7) is 4.27. The van der Waals surface area contributed by atoms with Gasteiger partial charge in [0.25, 0.3) is 0 Å². The van der Waals surface area contributed by atoms with Gasteiger partial charge in [-0.2, -0.15) is 0 Å². The van der Waals surface area contributed by atoms with Gasteiger partial charge in [0.15, 0.2) is 0 Å². The van der Waals surface area contributed by atoms with Crippen LogP contribution in [0.5, 0.6) is 0 Å². The highest BCUT2D eigenvalue weighted by Gasteiger charge is 2.33. The van der Waals surface area contributed by atoms with Crippen molar-refractivity contribution in [3.8, 4) is 0 Å². The van der Waals surface area contributed by atoms with E-state index in [-0.39, 0.29) is 11.4 Å². The maximum Gasteiger partial charge on any atom is 0.220 e. The molecule has 2 nitrogen and oxygen atoms in total. The molecule has 1 N–H and O–H groups in total. The third kappa shape index (κ3) is 1.15. The van der Waals surface area contributed by atoms with Gasteiger partial charge in [-0.05, 0) is 19.3 Å². The molecule has 1 rings (SSSR count). The second-order valence-corrected chi connectivity index (χ2v) is 3.04. The molecule has 0 bridgehead atoms. The monoisotopic (exact) mass is 141 g/mol. The van der Waals surface area contributed by atoms with Gasteiger partial charge in [-0.3, -0.25) is 4.79 Å². The molecule has 58 valence electrons. The van der Waals surface area contributed by atoms with Crippen LogP contribution in [-0.4, -0.2) is 11.4 Å². The molecule has 1 saturated heterocycles. The Morgan fingerprint density at radius 1 is 1.50 bits per heavy atom. The molecule has 2 heteroatoms. The van der Waals surface area contributed by atoms with E-state index in [0.29, 0.717) is 0 Å². The first-order valence-corrected chi connectivity index (χ1v) is 4.03. The molecule has 10 heavy (non-hydrogen) atoms. The van der Waals surface area contributed by atoms with Gasteiger partial charge in [-0.1, -0.05) is 13.8 Å². The molecule has 1 amide bonds. The number of carbonyl (C=O) groups is 1. The molecule has 1 fully saturated rings. The van der Waals surface area contributed by atoms with Crippen molar-refractivity contribution < 1.29 is 4.79 Å². The van der Waals surface area contributed by atoms with E-state index in [0.717, 1.165) is 25.7 Å². The van der Waals surface area contributed by atoms with E-state index >= 15 is 0 Å². The second kappa shape index (κ2) is 2.60. The smallest absolute Gasteiger partial charge is 0.220 e. The molecule has 0 aromatic heterocycles. The fraction of sp³-hybridized carbons (Fsp3) is 0.875. The SMILES string of the molecule is CCC1(CC)CCC(=O)N1. The van der Waals surface area contributed by atoms with Crippen molar-refractivity contribution in [3.05, 3.63) is 0 Å². The number of rotatable bonds is 2. The summed E-state index contributed by atoms with van der Waals surface area (Å²) in [5, 5.41) is 3.03. The minimum Gasteiger partial charge on any atom is -0.351 e. The Hall–Kier alpha value is -0.530. The van der Waals surface area contributed by atoms with Crippen molar-refractivity contribution in [2.45, 2.75) is 45.1 Å². The van der Waals surface area contributed by atoms with Crippen molar-refractivity contribution in [1.29, 1.82) is 0 Å². The van der Waals surface area contributed by atoms with E-state index in [4.69, 9.17) is 0 Å². The lowest BCUT2D eigenvalue weighted by atomic mass is 9.91. The van der Waals surface area contributed by atoms with Crippen LogP contribution in [0.1, 0.15) is 39.5 Å². The van der Waals surface area contributed by atoms with Crippen LogP contribution in [-0.2, 0) is 4.79 Å². The van der Waals surface area contributed by atoms with Gasteiger partial charge in [0.1, 0.15) is 0 Å². The predicted molar refractivity (Wildman–Crippen MR) is 40.7 cm³/mol. The van der Waals surface area contributed by atoms with Crippen LogP contribution in [0, 0.1) is 0 Å². The molecular weight excluding hydrogens is 126 g/mol. The number of carbonyl (C=O) groups excluding carboxylic acids is 1. The van der Waals surface area contributed by atoms with Crippen LogP contribution >= 0.6 is 0 Å². The molecule has 0 aromatic rings. The van der Waals surface area contributed by atoms with Crippen molar-refractivity contribution in [3.63, 3.8) is 0 Å². The first-order chi connectivity index (χ1) is 4.72. The molecule has 0 unspecified atom stereocenters. The van der Waals surface area contributed by atoms with Crippen LogP contribution < -0.4 is 5.32 Å². The summed E-state index contributed by atoms with van der Waals surface area (Å²) in [7, 11) is 0. The van der Waals surface area contributed by atoms with E-state index in [1.165, 1.54) is 0 Å².